The number of rotatable bonds is 4. The quantitative estimate of drug-likeness (QED) is 0.700. The van der Waals surface area contributed by atoms with E-state index in [1.807, 2.05) is 83.1 Å². The van der Waals surface area contributed by atoms with Gasteiger partial charge in [0.2, 0.25) is 0 Å². The molecule has 0 heterocycles. The summed E-state index contributed by atoms with van der Waals surface area (Å²) in [6.07, 6.45) is -0.434. The first kappa shape index (κ1) is 18.6. The number of anilines is 3. The summed E-state index contributed by atoms with van der Waals surface area (Å²) < 4.78 is 5.33. The smallest absolute Gasteiger partial charge is 0.408 e. The van der Waals surface area contributed by atoms with E-state index in [0.29, 0.717) is 5.69 Å². The molecule has 0 aliphatic heterocycles. The molecule has 0 bridgehead atoms. The molecule has 0 saturated carbocycles. The van der Waals surface area contributed by atoms with E-state index in [1.165, 1.54) is 0 Å². The molecule has 0 aromatic heterocycles. The van der Waals surface area contributed by atoms with Crippen molar-refractivity contribution in [1.82, 2.24) is 5.32 Å². The van der Waals surface area contributed by atoms with Gasteiger partial charge in [-0.2, -0.15) is 0 Å². The van der Waals surface area contributed by atoms with Crippen molar-refractivity contribution in [1.29, 1.82) is 0 Å². The zero-order chi connectivity index (χ0) is 18.7. The van der Waals surface area contributed by atoms with Gasteiger partial charge in [0.25, 0.3) is 0 Å². The standard InChI is InChI=1S/C20H27N3O2/c1-19(2,3)25-18(24)23-20(4,5)14-10-12-15(13-11-14)22-17-9-7-6-8-16(17)21/h6-13,22H,21H2,1-5H3,(H,23,24). The van der Waals surface area contributed by atoms with E-state index in [9.17, 15) is 4.79 Å². The van der Waals surface area contributed by atoms with Crippen LogP contribution in [0.25, 0.3) is 0 Å². The number of alkyl carbamates (subject to hydrolysis) is 1. The number of nitrogens with two attached hydrogens (primary N) is 1. The maximum atomic E-state index is 12.0. The molecule has 0 atom stereocenters. The normalized spacial score (nSPS) is 11.7. The van der Waals surface area contributed by atoms with Crippen LogP contribution in [0.15, 0.2) is 48.5 Å². The zero-order valence-corrected chi connectivity index (χ0v) is 15.5. The van der Waals surface area contributed by atoms with Gasteiger partial charge in [0, 0.05) is 5.69 Å². The molecule has 1 amide bonds. The lowest BCUT2D eigenvalue weighted by atomic mass is 9.94. The highest BCUT2D eigenvalue weighted by Crippen LogP contribution is 2.26. The van der Waals surface area contributed by atoms with Gasteiger partial charge in [-0.3, -0.25) is 0 Å². The van der Waals surface area contributed by atoms with Crippen LogP contribution in [0.5, 0.6) is 0 Å². The van der Waals surface area contributed by atoms with E-state index in [4.69, 9.17) is 10.5 Å². The molecule has 0 aliphatic carbocycles. The van der Waals surface area contributed by atoms with E-state index in [0.717, 1.165) is 16.9 Å². The van der Waals surface area contributed by atoms with Gasteiger partial charge >= 0.3 is 6.09 Å². The highest BCUT2D eigenvalue weighted by molar-refractivity contribution is 5.72. The highest BCUT2D eigenvalue weighted by atomic mass is 16.6. The Morgan fingerprint density at radius 2 is 1.56 bits per heavy atom. The van der Waals surface area contributed by atoms with Crippen molar-refractivity contribution in [3.8, 4) is 0 Å². The van der Waals surface area contributed by atoms with Crippen molar-refractivity contribution in [2.24, 2.45) is 0 Å². The summed E-state index contributed by atoms with van der Waals surface area (Å²) >= 11 is 0. The molecule has 5 heteroatoms. The fourth-order valence-electron chi connectivity index (χ4n) is 2.37. The van der Waals surface area contributed by atoms with Crippen molar-refractivity contribution in [2.45, 2.75) is 45.8 Å². The second-order valence-corrected chi connectivity index (χ2v) is 7.54. The predicted octanol–water partition coefficient (Wildman–Crippen LogP) is 4.77. The van der Waals surface area contributed by atoms with E-state index in [-0.39, 0.29) is 0 Å². The third-order valence-electron chi connectivity index (χ3n) is 3.66. The van der Waals surface area contributed by atoms with Gasteiger partial charge in [0.05, 0.1) is 16.9 Å². The van der Waals surface area contributed by atoms with Gasteiger partial charge in [-0.1, -0.05) is 24.3 Å². The molecular formula is C20H27N3O2. The van der Waals surface area contributed by atoms with Crippen molar-refractivity contribution in [3.63, 3.8) is 0 Å². The molecule has 0 fully saturated rings. The van der Waals surface area contributed by atoms with Gasteiger partial charge < -0.3 is 21.1 Å². The molecule has 0 radical (unpaired) electrons. The Balaban J connectivity index is 2.07. The summed E-state index contributed by atoms with van der Waals surface area (Å²) in [7, 11) is 0. The summed E-state index contributed by atoms with van der Waals surface area (Å²) in [5.74, 6) is 0. The zero-order valence-electron chi connectivity index (χ0n) is 15.5. The highest BCUT2D eigenvalue weighted by Gasteiger charge is 2.26. The number of hydrogen-bond acceptors (Lipinski definition) is 4. The van der Waals surface area contributed by atoms with Crippen LogP contribution < -0.4 is 16.4 Å². The molecule has 0 unspecified atom stereocenters. The topological polar surface area (TPSA) is 76.4 Å². The average molecular weight is 341 g/mol. The second-order valence-electron chi connectivity index (χ2n) is 7.54. The number of hydrogen-bond donors (Lipinski definition) is 3. The monoisotopic (exact) mass is 341 g/mol. The third-order valence-corrected chi connectivity index (χ3v) is 3.66. The number of amides is 1. The first-order chi connectivity index (χ1) is 11.6. The fourth-order valence-corrected chi connectivity index (χ4v) is 2.37. The minimum absolute atomic E-state index is 0.434. The molecular weight excluding hydrogens is 314 g/mol. The van der Waals surface area contributed by atoms with Crippen LogP contribution in [0, 0.1) is 0 Å². The minimum atomic E-state index is -0.549. The molecule has 0 aliphatic rings. The Bertz CT molecular complexity index is 731. The van der Waals surface area contributed by atoms with E-state index in [2.05, 4.69) is 10.6 Å². The summed E-state index contributed by atoms with van der Waals surface area (Å²) in [6.45, 7) is 9.41. The molecule has 134 valence electrons. The Morgan fingerprint density at radius 3 is 2.12 bits per heavy atom. The maximum absolute atomic E-state index is 12.0. The van der Waals surface area contributed by atoms with E-state index < -0.39 is 17.2 Å². The van der Waals surface area contributed by atoms with Crippen LogP contribution in [0.2, 0.25) is 0 Å². The van der Waals surface area contributed by atoms with Crippen molar-refractivity contribution < 1.29 is 9.53 Å². The summed E-state index contributed by atoms with van der Waals surface area (Å²) in [6, 6.07) is 15.5. The van der Waals surface area contributed by atoms with Crippen LogP contribution in [0.3, 0.4) is 0 Å². The van der Waals surface area contributed by atoms with Gasteiger partial charge in [-0.15, -0.1) is 0 Å². The number of nitrogens with one attached hydrogen (secondary N) is 2. The number of benzene rings is 2. The van der Waals surface area contributed by atoms with Gasteiger partial charge in [0.1, 0.15) is 5.60 Å². The van der Waals surface area contributed by atoms with Gasteiger partial charge in [-0.25, -0.2) is 4.79 Å². The van der Waals surface area contributed by atoms with Crippen molar-refractivity contribution in [3.05, 3.63) is 54.1 Å². The van der Waals surface area contributed by atoms with Crippen LogP contribution >= 0.6 is 0 Å². The lowest BCUT2D eigenvalue weighted by Gasteiger charge is -2.29. The summed E-state index contributed by atoms with van der Waals surface area (Å²) in [5.41, 5.74) is 8.33. The third kappa shape index (κ3) is 5.41. The summed E-state index contributed by atoms with van der Waals surface area (Å²) in [4.78, 5) is 12.0. The number of carbonyl (C=O) groups excluding carboxylic acids is 1. The molecule has 2 aromatic rings. The van der Waals surface area contributed by atoms with Crippen LogP contribution in [-0.4, -0.2) is 11.7 Å². The Hall–Kier alpha value is -2.69. The maximum Gasteiger partial charge on any atom is 0.408 e. The first-order valence-electron chi connectivity index (χ1n) is 8.30. The largest absolute Gasteiger partial charge is 0.444 e. The Kier molecular flexibility index (Phi) is 5.26. The van der Waals surface area contributed by atoms with Crippen LogP contribution in [0.4, 0.5) is 21.9 Å². The fraction of sp³-hybridized carbons (Fsp3) is 0.350. The minimum Gasteiger partial charge on any atom is -0.444 e. The van der Waals surface area contributed by atoms with Crippen LogP contribution in [0.1, 0.15) is 40.2 Å². The molecule has 0 spiro atoms. The number of nitrogen functional groups attached to an aromatic ring is 1. The molecule has 0 saturated heterocycles. The number of carbonyl (C=O) groups is 1. The van der Waals surface area contributed by atoms with Crippen molar-refractivity contribution in [2.75, 3.05) is 11.1 Å². The summed E-state index contributed by atoms with van der Waals surface area (Å²) in [5, 5.41) is 6.19. The molecule has 25 heavy (non-hydrogen) atoms. The molecule has 4 N–H and O–H groups in total. The second kappa shape index (κ2) is 7.05. The molecule has 5 nitrogen and oxygen atoms in total. The molecule has 2 aromatic carbocycles. The van der Waals surface area contributed by atoms with E-state index in [1.54, 1.807) is 0 Å². The van der Waals surface area contributed by atoms with Gasteiger partial charge in [-0.05, 0) is 64.4 Å². The lowest BCUT2D eigenvalue weighted by Crippen LogP contribution is -2.43. The molecule has 2 rings (SSSR count). The van der Waals surface area contributed by atoms with Crippen molar-refractivity contribution >= 4 is 23.2 Å². The Morgan fingerprint density at radius 1 is 0.960 bits per heavy atom. The Labute approximate surface area is 149 Å². The first-order valence-corrected chi connectivity index (χ1v) is 8.30. The average Bonchev–Trinajstić information content (AvgIpc) is 2.47. The SMILES string of the molecule is CC(C)(C)OC(=O)NC(C)(C)c1ccc(Nc2ccccc2N)cc1. The number of para-hydroxylation sites is 2. The predicted molar refractivity (Wildman–Crippen MR) is 103 cm³/mol. The number of ether oxygens (including phenoxy) is 1. The van der Waals surface area contributed by atoms with Crippen LogP contribution in [-0.2, 0) is 10.3 Å². The lowest BCUT2D eigenvalue weighted by molar-refractivity contribution is 0.0470. The van der Waals surface area contributed by atoms with E-state index >= 15 is 0 Å². The van der Waals surface area contributed by atoms with Gasteiger partial charge in [0.15, 0.2) is 0 Å².